The van der Waals surface area contributed by atoms with Crippen LogP contribution in [0.15, 0.2) is 24.4 Å². The quantitative estimate of drug-likeness (QED) is 0.678. The monoisotopic (exact) mass is 422 g/mol. The first-order chi connectivity index (χ1) is 15.0. The lowest BCUT2D eigenvalue weighted by molar-refractivity contribution is -0.132. The summed E-state index contributed by atoms with van der Waals surface area (Å²) in [6.07, 6.45) is 3.09. The molecular weight excluding hydrogens is 400 g/mol. The van der Waals surface area contributed by atoms with Gasteiger partial charge in [0.25, 0.3) is 5.91 Å². The number of nitrogens with zero attached hydrogens (tertiary/aromatic N) is 4. The number of fused-ring (bicyclic) bond motifs is 2. The Bertz CT molecular complexity index is 1090. The Balaban J connectivity index is 1.29. The Hall–Kier alpha value is -3.69. The van der Waals surface area contributed by atoms with Gasteiger partial charge in [0, 0.05) is 49.4 Å². The SMILES string of the molecule is O=C1CN(CC(=O)N2CCc3c(cccc3C(=O)N3CCc4[nH]ncc4C3)C2)C(=O)N1. The molecule has 5 rings (SSSR count). The molecule has 1 aromatic carbocycles. The van der Waals surface area contributed by atoms with Gasteiger partial charge in [-0.05, 0) is 23.6 Å². The molecule has 0 spiro atoms. The normalized spacial score (nSPS) is 18.0. The minimum atomic E-state index is -0.536. The van der Waals surface area contributed by atoms with Crippen molar-refractivity contribution in [3.63, 3.8) is 0 Å². The average molecular weight is 422 g/mol. The number of hydrogen-bond donors (Lipinski definition) is 2. The highest BCUT2D eigenvalue weighted by molar-refractivity contribution is 6.03. The van der Waals surface area contributed by atoms with Crippen molar-refractivity contribution in [3.8, 4) is 0 Å². The summed E-state index contributed by atoms with van der Waals surface area (Å²) in [6.45, 7) is 1.79. The van der Waals surface area contributed by atoms with Gasteiger partial charge in [-0.3, -0.25) is 24.8 Å². The maximum atomic E-state index is 13.2. The highest BCUT2D eigenvalue weighted by Gasteiger charge is 2.32. The number of hydrogen-bond acceptors (Lipinski definition) is 5. The molecule has 0 unspecified atom stereocenters. The van der Waals surface area contributed by atoms with Crippen molar-refractivity contribution in [2.24, 2.45) is 0 Å². The first-order valence-corrected chi connectivity index (χ1v) is 10.3. The van der Waals surface area contributed by atoms with E-state index in [9.17, 15) is 19.2 Å². The van der Waals surface area contributed by atoms with Crippen molar-refractivity contribution >= 4 is 23.8 Å². The number of amides is 5. The molecule has 2 N–H and O–H groups in total. The molecule has 0 saturated carbocycles. The standard InChI is InChI=1S/C21H22N6O4/c28-18-11-27(21(31)23-18)12-19(29)25-6-4-15-13(9-25)2-1-3-16(15)20(30)26-7-5-17-14(10-26)8-22-24-17/h1-3,8H,4-7,9-12H2,(H,22,24)(H,23,28,31). The zero-order chi connectivity index (χ0) is 21.5. The second-order valence-electron chi connectivity index (χ2n) is 8.07. The molecule has 1 aromatic heterocycles. The summed E-state index contributed by atoms with van der Waals surface area (Å²) >= 11 is 0. The average Bonchev–Trinajstić information content (AvgIpc) is 3.37. The minimum absolute atomic E-state index is 0.00396. The van der Waals surface area contributed by atoms with Gasteiger partial charge in [0.15, 0.2) is 0 Å². The maximum Gasteiger partial charge on any atom is 0.325 e. The summed E-state index contributed by atoms with van der Waals surface area (Å²) in [6, 6.07) is 5.09. The molecule has 2 aromatic rings. The van der Waals surface area contributed by atoms with E-state index in [1.165, 1.54) is 4.90 Å². The molecular formula is C21H22N6O4. The van der Waals surface area contributed by atoms with Gasteiger partial charge in [-0.15, -0.1) is 0 Å². The van der Waals surface area contributed by atoms with Crippen LogP contribution in [-0.4, -0.2) is 74.8 Å². The van der Waals surface area contributed by atoms with E-state index in [2.05, 4.69) is 15.5 Å². The van der Waals surface area contributed by atoms with Gasteiger partial charge in [-0.2, -0.15) is 5.10 Å². The largest absolute Gasteiger partial charge is 0.336 e. The summed E-state index contributed by atoms with van der Waals surface area (Å²) in [5.74, 6) is -0.614. The van der Waals surface area contributed by atoms with Crippen molar-refractivity contribution in [3.05, 3.63) is 52.3 Å². The Labute approximate surface area is 178 Å². The van der Waals surface area contributed by atoms with E-state index < -0.39 is 11.9 Å². The van der Waals surface area contributed by atoms with Crippen LogP contribution in [0.4, 0.5) is 4.79 Å². The lowest BCUT2D eigenvalue weighted by Crippen LogP contribution is -2.44. The van der Waals surface area contributed by atoms with Crippen LogP contribution in [-0.2, 0) is 35.5 Å². The zero-order valence-corrected chi connectivity index (χ0v) is 16.9. The number of aromatic amines is 1. The van der Waals surface area contributed by atoms with E-state index in [4.69, 9.17) is 0 Å². The number of benzene rings is 1. The predicted octanol–water partition coefficient (Wildman–Crippen LogP) is 0.0447. The van der Waals surface area contributed by atoms with Gasteiger partial charge in [-0.1, -0.05) is 12.1 Å². The summed E-state index contributed by atoms with van der Waals surface area (Å²) in [5, 5.41) is 9.22. The molecule has 3 aliphatic rings. The molecule has 0 aliphatic carbocycles. The van der Waals surface area contributed by atoms with Gasteiger partial charge in [0.1, 0.15) is 13.1 Å². The van der Waals surface area contributed by atoms with Crippen LogP contribution < -0.4 is 5.32 Å². The van der Waals surface area contributed by atoms with Crippen molar-refractivity contribution in [1.82, 2.24) is 30.2 Å². The molecule has 4 heterocycles. The zero-order valence-electron chi connectivity index (χ0n) is 16.9. The molecule has 3 aliphatic heterocycles. The second-order valence-corrected chi connectivity index (χ2v) is 8.07. The minimum Gasteiger partial charge on any atom is -0.336 e. The molecule has 10 nitrogen and oxygen atoms in total. The smallest absolute Gasteiger partial charge is 0.325 e. The van der Waals surface area contributed by atoms with Gasteiger partial charge in [-0.25, -0.2) is 4.79 Å². The number of aromatic nitrogens is 2. The summed E-state index contributed by atoms with van der Waals surface area (Å²) in [5.41, 5.74) is 4.73. The van der Waals surface area contributed by atoms with E-state index in [1.807, 2.05) is 23.1 Å². The number of H-pyrrole nitrogens is 1. The fourth-order valence-electron chi connectivity index (χ4n) is 4.46. The number of rotatable bonds is 3. The maximum absolute atomic E-state index is 13.2. The van der Waals surface area contributed by atoms with Gasteiger partial charge in [0.2, 0.25) is 11.8 Å². The van der Waals surface area contributed by atoms with Crippen LogP contribution in [0.5, 0.6) is 0 Å². The third kappa shape index (κ3) is 3.54. The lowest BCUT2D eigenvalue weighted by atomic mass is 9.93. The van der Waals surface area contributed by atoms with Gasteiger partial charge >= 0.3 is 6.03 Å². The topological polar surface area (TPSA) is 119 Å². The van der Waals surface area contributed by atoms with Crippen LogP contribution in [0.3, 0.4) is 0 Å². The van der Waals surface area contributed by atoms with Crippen LogP contribution in [0.1, 0.15) is 32.7 Å². The first-order valence-electron chi connectivity index (χ1n) is 10.3. The van der Waals surface area contributed by atoms with E-state index in [-0.39, 0.29) is 24.9 Å². The predicted molar refractivity (Wildman–Crippen MR) is 108 cm³/mol. The molecule has 10 heteroatoms. The second kappa shape index (κ2) is 7.53. The molecule has 160 valence electrons. The Kier molecular flexibility index (Phi) is 4.68. The molecule has 31 heavy (non-hydrogen) atoms. The third-order valence-electron chi connectivity index (χ3n) is 6.13. The molecule has 0 bridgehead atoms. The van der Waals surface area contributed by atoms with Gasteiger partial charge in [0.05, 0.1) is 6.20 Å². The van der Waals surface area contributed by atoms with E-state index >= 15 is 0 Å². The highest BCUT2D eigenvalue weighted by atomic mass is 16.2. The highest BCUT2D eigenvalue weighted by Crippen LogP contribution is 2.26. The number of nitrogens with one attached hydrogen (secondary N) is 2. The van der Waals surface area contributed by atoms with Gasteiger partial charge < -0.3 is 14.7 Å². The van der Waals surface area contributed by atoms with Crippen molar-refractivity contribution in [1.29, 1.82) is 0 Å². The number of carbonyl (C=O) groups is 4. The van der Waals surface area contributed by atoms with Crippen molar-refractivity contribution < 1.29 is 19.2 Å². The fraction of sp³-hybridized carbons (Fsp3) is 0.381. The molecule has 5 amide bonds. The first kappa shape index (κ1) is 19.3. The lowest BCUT2D eigenvalue weighted by Gasteiger charge is -2.32. The molecule has 1 fully saturated rings. The van der Waals surface area contributed by atoms with Crippen LogP contribution in [0.25, 0.3) is 0 Å². The number of carbonyl (C=O) groups excluding carboxylic acids is 4. The fourth-order valence-corrected chi connectivity index (χ4v) is 4.46. The summed E-state index contributed by atoms with van der Waals surface area (Å²) < 4.78 is 0. The Morgan fingerprint density at radius 1 is 1.00 bits per heavy atom. The number of urea groups is 1. The third-order valence-corrected chi connectivity index (χ3v) is 6.13. The molecule has 1 saturated heterocycles. The molecule has 0 atom stereocenters. The number of imide groups is 1. The van der Waals surface area contributed by atoms with E-state index in [0.717, 1.165) is 28.8 Å². The van der Waals surface area contributed by atoms with Crippen molar-refractivity contribution in [2.45, 2.75) is 25.9 Å². The van der Waals surface area contributed by atoms with Crippen LogP contribution >= 0.6 is 0 Å². The van der Waals surface area contributed by atoms with Crippen LogP contribution in [0.2, 0.25) is 0 Å². The van der Waals surface area contributed by atoms with E-state index in [1.54, 1.807) is 11.1 Å². The van der Waals surface area contributed by atoms with Crippen molar-refractivity contribution in [2.75, 3.05) is 26.2 Å². The Morgan fingerprint density at radius 2 is 1.81 bits per heavy atom. The molecule has 0 radical (unpaired) electrons. The summed E-state index contributed by atoms with van der Waals surface area (Å²) in [4.78, 5) is 53.7. The summed E-state index contributed by atoms with van der Waals surface area (Å²) in [7, 11) is 0. The Morgan fingerprint density at radius 3 is 2.61 bits per heavy atom. The van der Waals surface area contributed by atoms with E-state index in [0.29, 0.717) is 38.2 Å². The van der Waals surface area contributed by atoms with Crippen LogP contribution in [0, 0.1) is 0 Å².